The summed E-state index contributed by atoms with van der Waals surface area (Å²) in [4.78, 5) is 18.7. The number of likely N-dealkylation sites (N-methyl/N-ethyl adjacent to an activating group) is 1. The molecule has 2 N–H and O–H groups in total. The highest BCUT2D eigenvalue weighted by Gasteiger charge is 2.42. The summed E-state index contributed by atoms with van der Waals surface area (Å²) in [6.07, 6.45) is 3.41. The van der Waals surface area contributed by atoms with Gasteiger partial charge in [0, 0.05) is 42.4 Å². The summed E-state index contributed by atoms with van der Waals surface area (Å²) < 4.78 is 0. The number of nitrogens with one attached hydrogen (secondary N) is 1. The first kappa shape index (κ1) is 15.6. The van der Waals surface area contributed by atoms with Crippen molar-refractivity contribution in [2.75, 3.05) is 20.2 Å². The van der Waals surface area contributed by atoms with Crippen LogP contribution in [0.3, 0.4) is 0 Å². The molecule has 24 heavy (non-hydrogen) atoms. The third-order valence-electron chi connectivity index (χ3n) is 5.98. The number of carbonyl (C=O) groups is 1. The van der Waals surface area contributed by atoms with Crippen molar-refractivity contribution in [1.82, 2.24) is 9.88 Å². The average Bonchev–Trinajstić information content (AvgIpc) is 2.95. The van der Waals surface area contributed by atoms with E-state index < -0.39 is 0 Å². The maximum absolute atomic E-state index is 13.0. The molecule has 1 unspecified atom stereocenters. The Hall–Kier alpha value is -1.91. The van der Waals surface area contributed by atoms with Gasteiger partial charge in [-0.15, -0.1) is 0 Å². The highest BCUT2D eigenvalue weighted by Crippen LogP contribution is 2.40. The van der Waals surface area contributed by atoms with E-state index in [-0.39, 0.29) is 30.3 Å². The van der Waals surface area contributed by atoms with Crippen LogP contribution in [0.15, 0.2) is 35.9 Å². The number of Topliss-reactive ketones (excluding diaryl/α,β-unsaturated/α-hetero) is 1. The predicted molar refractivity (Wildman–Crippen MR) is 95.2 cm³/mol. The maximum atomic E-state index is 13.0. The number of aromatic nitrogens is 1. The Morgan fingerprint density at radius 1 is 1.33 bits per heavy atom. The number of nitrogens with zero attached hydrogens (tertiary/aromatic N) is 1. The van der Waals surface area contributed by atoms with Crippen molar-refractivity contribution in [3.8, 4) is 0 Å². The largest absolute Gasteiger partial charge is 0.396 e. The molecule has 1 aliphatic heterocycles. The van der Waals surface area contributed by atoms with Crippen LogP contribution in [0, 0.1) is 11.8 Å². The van der Waals surface area contributed by atoms with E-state index in [1.54, 1.807) is 0 Å². The molecule has 126 valence electrons. The number of H-pyrrole nitrogens is 1. The van der Waals surface area contributed by atoms with Gasteiger partial charge in [0.1, 0.15) is 0 Å². The average molecular weight is 324 g/mol. The number of benzene rings is 1. The van der Waals surface area contributed by atoms with Gasteiger partial charge in [-0.1, -0.05) is 29.8 Å². The van der Waals surface area contributed by atoms with E-state index in [1.807, 2.05) is 25.1 Å². The quantitative estimate of drug-likeness (QED) is 0.793. The van der Waals surface area contributed by atoms with Gasteiger partial charge in [0.05, 0.1) is 5.69 Å². The van der Waals surface area contributed by atoms with E-state index >= 15 is 0 Å². The zero-order valence-corrected chi connectivity index (χ0v) is 14.2. The Bertz CT molecular complexity index is 820. The molecule has 2 heterocycles. The smallest absolute Gasteiger partial charge is 0.179 e. The van der Waals surface area contributed by atoms with Crippen LogP contribution in [0.4, 0.5) is 0 Å². The maximum Gasteiger partial charge on any atom is 0.179 e. The molecule has 1 aliphatic carbocycles. The summed E-state index contributed by atoms with van der Waals surface area (Å²) in [5, 5.41) is 11.2. The molecule has 1 aromatic heterocycles. The number of likely N-dealkylation sites (tertiary alicyclic amines) is 1. The van der Waals surface area contributed by atoms with Crippen molar-refractivity contribution in [1.29, 1.82) is 0 Å². The Morgan fingerprint density at radius 2 is 2.12 bits per heavy atom. The number of rotatable bonds is 1. The minimum absolute atomic E-state index is 0.112. The lowest BCUT2D eigenvalue weighted by Gasteiger charge is -2.46. The third kappa shape index (κ3) is 2.25. The van der Waals surface area contributed by atoms with Crippen molar-refractivity contribution in [3.05, 3.63) is 47.2 Å². The zero-order valence-electron chi connectivity index (χ0n) is 14.2. The number of hydrogen-bond donors (Lipinski definition) is 2. The molecule has 0 saturated carbocycles. The summed E-state index contributed by atoms with van der Waals surface area (Å²) >= 11 is 0. The second kappa shape index (κ2) is 5.87. The molecule has 1 fully saturated rings. The number of fused-ring (bicyclic) bond motifs is 5. The second-order valence-corrected chi connectivity index (χ2v) is 7.15. The van der Waals surface area contributed by atoms with E-state index in [0.29, 0.717) is 6.42 Å². The molecular weight excluding hydrogens is 300 g/mol. The Morgan fingerprint density at radius 3 is 2.88 bits per heavy atom. The molecule has 2 aliphatic rings. The standard InChI is InChI=1S/C20H24N2O2/c1-3-12-10-22(2)18-8-15-13-6-4-5-7-17(13)21-20(15)19(24)9-14(12)16(18)11-23/h3-7,14,16,18,21,23H,8-11H2,1-2H3/b12-3-/t14-,16?,18-/m1/s1. The molecule has 1 saturated heterocycles. The lowest BCUT2D eigenvalue weighted by molar-refractivity contribution is 0.0518. The number of ketones is 1. The highest BCUT2D eigenvalue weighted by molar-refractivity contribution is 6.02. The zero-order chi connectivity index (χ0) is 16.8. The minimum Gasteiger partial charge on any atom is -0.396 e. The number of aliphatic hydroxyl groups is 1. The summed E-state index contributed by atoms with van der Waals surface area (Å²) in [7, 11) is 2.13. The fraction of sp³-hybridized carbons (Fsp3) is 0.450. The van der Waals surface area contributed by atoms with Crippen LogP contribution in [-0.2, 0) is 6.42 Å². The summed E-state index contributed by atoms with van der Waals surface area (Å²) in [5.41, 5.74) is 4.20. The monoisotopic (exact) mass is 324 g/mol. The van der Waals surface area contributed by atoms with Gasteiger partial charge < -0.3 is 10.1 Å². The van der Waals surface area contributed by atoms with E-state index in [9.17, 15) is 9.90 Å². The SMILES string of the molecule is C/C=C1/CN(C)[C@@H]2Cc3c([nH]c4ccccc34)C(=O)C[C@H]1C2CO. The van der Waals surface area contributed by atoms with Crippen LogP contribution in [0.2, 0.25) is 0 Å². The molecule has 4 nitrogen and oxygen atoms in total. The normalized spacial score (nSPS) is 29.5. The van der Waals surface area contributed by atoms with Gasteiger partial charge in [-0.25, -0.2) is 0 Å². The van der Waals surface area contributed by atoms with Crippen LogP contribution in [0.25, 0.3) is 10.9 Å². The number of aromatic amines is 1. The molecule has 2 bridgehead atoms. The molecule has 1 aromatic carbocycles. The summed E-state index contributed by atoms with van der Waals surface area (Å²) in [6, 6.07) is 8.40. The molecular formula is C20H24N2O2. The number of para-hydroxylation sites is 1. The summed E-state index contributed by atoms with van der Waals surface area (Å²) in [6.45, 7) is 3.05. The molecule has 4 heteroatoms. The Labute approximate surface area is 142 Å². The van der Waals surface area contributed by atoms with Crippen LogP contribution < -0.4 is 0 Å². The van der Waals surface area contributed by atoms with E-state index in [2.05, 4.69) is 29.1 Å². The molecule has 2 aromatic rings. The molecule has 0 radical (unpaired) electrons. The van der Waals surface area contributed by atoms with Crippen molar-refractivity contribution in [2.24, 2.45) is 11.8 Å². The first-order valence-electron chi connectivity index (χ1n) is 8.73. The van der Waals surface area contributed by atoms with E-state index in [4.69, 9.17) is 0 Å². The summed E-state index contributed by atoms with van der Waals surface area (Å²) in [5.74, 6) is 0.431. The highest BCUT2D eigenvalue weighted by atomic mass is 16.3. The second-order valence-electron chi connectivity index (χ2n) is 7.15. The van der Waals surface area contributed by atoms with Crippen molar-refractivity contribution in [3.63, 3.8) is 0 Å². The number of piperidine rings is 1. The number of hydrogen-bond acceptors (Lipinski definition) is 3. The van der Waals surface area contributed by atoms with Gasteiger partial charge in [0.15, 0.2) is 5.78 Å². The fourth-order valence-electron chi connectivity index (χ4n) is 4.70. The molecule has 0 amide bonds. The van der Waals surface area contributed by atoms with Gasteiger partial charge in [0.2, 0.25) is 0 Å². The lowest BCUT2D eigenvalue weighted by Crippen LogP contribution is -2.52. The van der Waals surface area contributed by atoms with Crippen LogP contribution in [-0.4, -0.2) is 47.0 Å². The van der Waals surface area contributed by atoms with Crippen LogP contribution >= 0.6 is 0 Å². The van der Waals surface area contributed by atoms with Gasteiger partial charge in [-0.2, -0.15) is 0 Å². The van der Waals surface area contributed by atoms with Crippen molar-refractivity contribution >= 4 is 16.7 Å². The Kier molecular flexibility index (Phi) is 3.82. The molecule has 0 spiro atoms. The Balaban J connectivity index is 1.89. The first-order chi connectivity index (χ1) is 11.6. The van der Waals surface area contributed by atoms with Crippen molar-refractivity contribution < 1.29 is 9.90 Å². The van der Waals surface area contributed by atoms with Gasteiger partial charge in [-0.05, 0) is 37.9 Å². The van der Waals surface area contributed by atoms with E-state index in [1.165, 1.54) is 5.57 Å². The first-order valence-corrected chi connectivity index (χ1v) is 8.73. The third-order valence-corrected chi connectivity index (χ3v) is 5.98. The number of allylic oxidation sites excluding steroid dienone is 1. The molecule has 3 atom stereocenters. The van der Waals surface area contributed by atoms with Crippen molar-refractivity contribution in [2.45, 2.75) is 25.8 Å². The topological polar surface area (TPSA) is 56.3 Å². The minimum atomic E-state index is 0.112. The van der Waals surface area contributed by atoms with E-state index in [0.717, 1.165) is 35.1 Å². The van der Waals surface area contributed by atoms with Crippen LogP contribution in [0.5, 0.6) is 0 Å². The van der Waals surface area contributed by atoms with Gasteiger partial charge in [-0.3, -0.25) is 9.69 Å². The fourth-order valence-corrected chi connectivity index (χ4v) is 4.70. The number of aliphatic hydroxyl groups excluding tert-OH is 1. The lowest BCUT2D eigenvalue weighted by atomic mass is 9.71. The van der Waals surface area contributed by atoms with Crippen LogP contribution in [0.1, 0.15) is 29.4 Å². The number of carbonyl (C=O) groups excluding carboxylic acids is 1. The predicted octanol–water partition coefficient (Wildman–Crippen LogP) is 2.78. The van der Waals surface area contributed by atoms with Gasteiger partial charge in [0.25, 0.3) is 0 Å². The molecule has 4 rings (SSSR count). The van der Waals surface area contributed by atoms with Gasteiger partial charge >= 0.3 is 0 Å².